The number of anilines is 1. The number of aryl methyl sites for hydroxylation is 3. The Morgan fingerprint density at radius 1 is 1.41 bits per heavy atom. The Bertz CT molecular complexity index is 692. The number of aromatic nitrogens is 5. The van der Waals surface area contributed by atoms with E-state index in [0.29, 0.717) is 28.9 Å². The van der Waals surface area contributed by atoms with Crippen molar-refractivity contribution in [2.24, 2.45) is 0 Å². The molecular formula is C14H19ClN6O. The number of rotatable bonds is 4. The number of carbonyl (C=O) groups is 1. The van der Waals surface area contributed by atoms with Crippen molar-refractivity contribution in [3.8, 4) is 0 Å². The van der Waals surface area contributed by atoms with Crippen molar-refractivity contribution in [3.05, 3.63) is 22.7 Å². The largest absolute Gasteiger partial charge is 0.277 e. The molecule has 0 atom stereocenters. The highest BCUT2D eigenvalue weighted by Crippen LogP contribution is 2.26. The maximum absolute atomic E-state index is 12.9. The molecule has 3 rings (SSSR count). The molecule has 22 heavy (non-hydrogen) atoms. The summed E-state index contributed by atoms with van der Waals surface area (Å²) in [5.74, 6) is 0.423. The molecule has 0 saturated heterocycles. The van der Waals surface area contributed by atoms with Gasteiger partial charge in [0.15, 0.2) is 0 Å². The third-order valence-corrected chi connectivity index (χ3v) is 4.22. The number of carbonyl (C=O) groups excluding carboxylic acids is 1. The van der Waals surface area contributed by atoms with Gasteiger partial charge in [-0.25, -0.2) is 4.68 Å². The maximum atomic E-state index is 12.9. The maximum Gasteiger partial charge on any atom is 0.265 e. The predicted molar refractivity (Wildman–Crippen MR) is 83.2 cm³/mol. The van der Waals surface area contributed by atoms with Gasteiger partial charge in [-0.15, -0.1) is 0 Å². The van der Waals surface area contributed by atoms with Gasteiger partial charge < -0.3 is 0 Å². The summed E-state index contributed by atoms with van der Waals surface area (Å²) in [6, 6.07) is 0. The predicted octanol–water partition coefficient (Wildman–Crippen LogP) is 2.29. The van der Waals surface area contributed by atoms with Crippen LogP contribution in [0.4, 0.5) is 5.95 Å². The normalized spacial score (nSPS) is 14.2. The number of halogens is 1. The monoisotopic (exact) mass is 322 g/mol. The minimum absolute atomic E-state index is 0.154. The summed E-state index contributed by atoms with van der Waals surface area (Å²) in [6.07, 6.45) is 4.35. The van der Waals surface area contributed by atoms with E-state index >= 15 is 0 Å². The average Bonchev–Trinajstić information content (AvgIpc) is 3.09. The van der Waals surface area contributed by atoms with Crippen molar-refractivity contribution in [2.75, 3.05) is 11.4 Å². The number of hydrogen-bond acceptors (Lipinski definition) is 4. The van der Waals surface area contributed by atoms with Gasteiger partial charge >= 0.3 is 0 Å². The molecule has 118 valence electrons. The fraction of sp³-hybridized carbons (Fsp3) is 0.571. The van der Waals surface area contributed by atoms with Crippen LogP contribution in [0.2, 0.25) is 5.15 Å². The van der Waals surface area contributed by atoms with Gasteiger partial charge in [-0.05, 0) is 19.8 Å². The van der Waals surface area contributed by atoms with Crippen LogP contribution in [0.25, 0.3) is 0 Å². The van der Waals surface area contributed by atoms with Gasteiger partial charge in [-0.2, -0.15) is 15.2 Å². The van der Waals surface area contributed by atoms with E-state index in [2.05, 4.69) is 22.1 Å². The smallest absolute Gasteiger partial charge is 0.265 e. The SMILES string of the molecule is CCCCn1nc(C)c(C(=O)N2CCCn3ncnc32)c1Cl. The molecule has 2 aromatic heterocycles. The Balaban J connectivity index is 1.92. The summed E-state index contributed by atoms with van der Waals surface area (Å²) < 4.78 is 3.45. The lowest BCUT2D eigenvalue weighted by molar-refractivity contribution is 0.0980. The molecule has 7 nitrogen and oxygen atoms in total. The first-order valence-corrected chi connectivity index (χ1v) is 7.93. The summed E-state index contributed by atoms with van der Waals surface area (Å²) in [5, 5.41) is 8.94. The molecule has 0 bridgehead atoms. The van der Waals surface area contributed by atoms with Gasteiger partial charge in [0, 0.05) is 19.6 Å². The lowest BCUT2D eigenvalue weighted by Crippen LogP contribution is -2.38. The number of fused-ring (bicyclic) bond motifs is 1. The Hall–Kier alpha value is -1.89. The van der Waals surface area contributed by atoms with E-state index in [4.69, 9.17) is 11.6 Å². The van der Waals surface area contributed by atoms with Crippen LogP contribution in [0.1, 0.15) is 42.2 Å². The van der Waals surface area contributed by atoms with Gasteiger partial charge in [-0.1, -0.05) is 24.9 Å². The highest BCUT2D eigenvalue weighted by molar-refractivity contribution is 6.33. The summed E-state index contributed by atoms with van der Waals surface area (Å²) >= 11 is 6.39. The van der Waals surface area contributed by atoms with Crippen molar-refractivity contribution < 1.29 is 4.79 Å². The van der Waals surface area contributed by atoms with E-state index in [1.54, 1.807) is 14.3 Å². The molecule has 0 aliphatic carbocycles. The molecule has 1 aliphatic rings. The van der Waals surface area contributed by atoms with E-state index in [1.807, 2.05) is 6.92 Å². The molecule has 0 fully saturated rings. The molecule has 0 radical (unpaired) electrons. The van der Waals surface area contributed by atoms with E-state index in [0.717, 1.165) is 32.4 Å². The molecule has 0 unspecified atom stereocenters. The first kappa shape index (κ1) is 15.0. The fourth-order valence-corrected chi connectivity index (χ4v) is 3.02. The number of amides is 1. The van der Waals surface area contributed by atoms with Gasteiger partial charge in [-0.3, -0.25) is 14.4 Å². The van der Waals surface area contributed by atoms with Gasteiger partial charge in [0.05, 0.1) is 11.3 Å². The van der Waals surface area contributed by atoms with Crippen molar-refractivity contribution in [1.29, 1.82) is 0 Å². The summed E-state index contributed by atoms with van der Waals surface area (Å²) in [4.78, 5) is 18.7. The molecule has 0 aromatic carbocycles. The quantitative estimate of drug-likeness (QED) is 0.866. The lowest BCUT2D eigenvalue weighted by Gasteiger charge is -2.25. The van der Waals surface area contributed by atoms with Crippen LogP contribution in [0, 0.1) is 6.92 Å². The first-order valence-electron chi connectivity index (χ1n) is 7.56. The molecule has 8 heteroatoms. The van der Waals surface area contributed by atoms with Crippen molar-refractivity contribution in [2.45, 2.75) is 46.2 Å². The third-order valence-electron chi connectivity index (χ3n) is 3.84. The number of hydrogen-bond donors (Lipinski definition) is 0. The van der Waals surface area contributed by atoms with Gasteiger partial charge in [0.2, 0.25) is 5.95 Å². The zero-order chi connectivity index (χ0) is 15.7. The topological polar surface area (TPSA) is 68.8 Å². The Morgan fingerprint density at radius 3 is 3.00 bits per heavy atom. The van der Waals surface area contributed by atoms with Crippen LogP contribution >= 0.6 is 11.6 Å². The first-order chi connectivity index (χ1) is 10.6. The van der Waals surface area contributed by atoms with E-state index in [1.165, 1.54) is 6.33 Å². The van der Waals surface area contributed by atoms with Crippen LogP contribution in [-0.4, -0.2) is 37.0 Å². The summed E-state index contributed by atoms with van der Waals surface area (Å²) in [6.45, 7) is 6.04. The minimum Gasteiger partial charge on any atom is -0.277 e. The Labute approximate surface area is 133 Å². The minimum atomic E-state index is -0.154. The standard InChI is InChI=1S/C14H19ClN6O/c1-3-4-7-20-12(15)11(10(2)18-20)13(22)19-6-5-8-21-14(19)16-9-17-21/h9H,3-8H2,1-2H3. The highest BCUT2D eigenvalue weighted by Gasteiger charge is 2.30. The van der Waals surface area contributed by atoms with Crippen LogP contribution < -0.4 is 4.90 Å². The van der Waals surface area contributed by atoms with E-state index in [-0.39, 0.29) is 5.91 Å². The van der Waals surface area contributed by atoms with Crippen LogP contribution in [0.3, 0.4) is 0 Å². The summed E-state index contributed by atoms with van der Waals surface area (Å²) in [5.41, 5.74) is 1.12. The molecule has 1 aliphatic heterocycles. The molecule has 0 saturated carbocycles. The van der Waals surface area contributed by atoms with Crippen molar-refractivity contribution in [3.63, 3.8) is 0 Å². The van der Waals surface area contributed by atoms with Crippen LogP contribution in [0.5, 0.6) is 0 Å². The molecular weight excluding hydrogens is 304 g/mol. The Kier molecular flexibility index (Phi) is 4.15. The van der Waals surface area contributed by atoms with Crippen molar-refractivity contribution >= 4 is 23.5 Å². The molecule has 0 spiro atoms. The lowest BCUT2D eigenvalue weighted by atomic mass is 10.2. The molecule has 3 heterocycles. The Morgan fingerprint density at radius 2 is 2.23 bits per heavy atom. The molecule has 1 amide bonds. The second-order valence-electron chi connectivity index (χ2n) is 5.42. The second kappa shape index (κ2) is 6.08. The van der Waals surface area contributed by atoms with E-state index in [9.17, 15) is 4.79 Å². The second-order valence-corrected chi connectivity index (χ2v) is 5.78. The number of unbranched alkanes of at least 4 members (excludes halogenated alkanes) is 1. The average molecular weight is 323 g/mol. The zero-order valence-electron chi connectivity index (χ0n) is 12.8. The van der Waals surface area contributed by atoms with Gasteiger partial charge in [0.1, 0.15) is 11.5 Å². The number of nitrogens with zero attached hydrogens (tertiary/aromatic N) is 6. The van der Waals surface area contributed by atoms with E-state index < -0.39 is 0 Å². The zero-order valence-corrected chi connectivity index (χ0v) is 13.5. The fourth-order valence-electron chi connectivity index (χ4n) is 2.68. The molecule has 2 aromatic rings. The van der Waals surface area contributed by atoms with Crippen molar-refractivity contribution in [1.82, 2.24) is 24.5 Å². The van der Waals surface area contributed by atoms with Crippen LogP contribution in [-0.2, 0) is 13.1 Å². The van der Waals surface area contributed by atoms with Crippen LogP contribution in [0.15, 0.2) is 6.33 Å². The van der Waals surface area contributed by atoms with Gasteiger partial charge in [0.25, 0.3) is 5.91 Å². The highest BCUT2D eigenvalue weighted by atomic mass is 35.5. The molecule has 0 N–H and O–H groups in total. The third kappa shape index (κ3) is 2.49. The summed E-state index contributed by atoms with van der Waals surface area (Å²) in [7, 11) is 0.